The molecule has 0 bridgehead atoms. The monoisotopic (exact) mass is 396 g/mol. The van der Waals surface area contributed by atoms with E-state index in [2.05, 4.69) is 22.4 Å². The van der Waals surface area contributed by atoms with E-state index in [-0.39, 0.29) is 5.91 Å². The summed E-state index contributed by atoms with van der Waals surface area (Å²) >= 11 is 1.45. The van der Waals surface area contributed by atoms with Gasteiger partial charge in [0.15, 0.2) is 0 Å². The maximum absolute atomic E-state index is 12.6. The van der Waals surface area contributed by atoms with Crippen molar-refractivity contribution in [1.82, 2.24) is 10.3 Å². The first kappa shape index (κ1) is 19.9. The summed E-state index contributed by atoms with van der Waals surface area (Å²) in [5, 5.41) is 3.94. The third kappa shape index (κ3) is 4.89. The Morgan fingerprint density at radius 1 is 1.11 bits per heavy atom. The fourth-order valence-electron chi connectivity index (χ4n) is 2.98. The lowest BCUT2D eigenvalue weighted by Gasteiger charge is -2.11. The van der Waals surface area contributed by atoms with Crippen molar-refractivity contribution < 1.29 is 14.3 Å². The molecule has 0 saturated heterocycles. The number of nitrogens with one attached hydrogen (secondary N) is 1. The Morgan fingerprint density at radius 2 is 1.89 bits per heavy atom. The fourth-order valence-corrected chi connectivity index (χ4v) is 3.99. The molecule has 28 heavy (non-hydrogen) atoms. The van der Waals surface area contributed by atoms with Gasteiger partial charge in [-0.1, -0.05) is 30.3 Å². The van der Waals surface area contributed by atoms with Crippen LogP contribution in [0.5, 0.6) is 11.5 Å². The van der Waals surface area contributed by atoms with Crippen molar-refractivity contribution in [1.29, 1.82) is 0 Å². The largest absolute Gasteiger partial charge is 0.497 e. The zero-order chi connectivity index (χ0) is 19.9. The number of ether oxygens (including phenoxy) is 2. The van der Waals surface area contributed by atoms with Crippen LogP contribution in [0.1, 0.15) is 31.5 Å². The number of rotatable bonds is 8. The van der Waals surface area contributed by atoms with E-state index >= 15 is 0 Å². The molecular weight excluding hydrogens is 372 g/mol. The third-order valence-corrected chi connectivity index (χ3v) is 5.57. The second-order valence-corrected chi connectivity index (χ2v) is 7.45. The second kappa shape index (κ2) is 9.37. The van der Waals surface area contributed by atoms with Crippen LogP contribution in [-0.2, 0) is 12.8 Å². The molecule has 0 atom stereocenters. The second-order valence-electron chi connectivity index (χ2n) is 6.37. The Bertz CT molecular complexity index is 938. The van der Waals surface area contributed by atoms with Crippen LogP contribution in [0.3, 0.4) is 0 Å². The van der Waals surface area contributed by atoms with Gasteiger partial charge in [-0.05, 0) is 42.7 Å². The molecule has 0 spiro atoms. The molecule has 0 aliphatic rings. The Balaban J connectivity index is 1.61. The highest BCUT2D eigenvalue weighted by Crippen LogP contribution is 2.24. The molecule has 0 aliphatic carbocycles. The molecule has 3 aromatic rings. The van der Waals surface area contributed by atoms with Crippen LogP contribution in [0, 0.1) is 6.92 Å². The molecule has 0 fully saturated rings. The van der Waals surface area contributed by atoms with Gasteiger partial charge in [0.25, 0.3) is 5.91 Å². The Labute approximate surface area is 169 Å². The van der Waals surface area contributed by atoms with E-state index in [1.807, 2.05) is 43.3 Å². The number of methoxy groups -OCH3 is 2. The average Bonchev–Trinajstić information content (AvgIpc) is 3.08. The maximum atomic E-state index is 12.6. The summed E-state index contributed by atoms with van der Waals surface area (Å²) in [5.41, 5.74) is 2.95. The number of aryl methyl sites for hydroxylation is 1. The lowest BCUT2D eigenvalue weighted by Crippen LogP contribution is -2.25. The highest BCUT2D eigenvalue weighted by Gasteiger charge is 2.15. The summed E-state index contributed by atoms with van der Waals surface area (Å²) in [5.74, 6) is 1.47. The van der Waals surface area contributed by atoms with Crippen molar-refractivity contribution in [2.45, 2.75) is 19.8 Å². The van der Waals surface area contributed by atoms with E-state index in [0.29, 0.717) is 17.8 Å². The number of amides is 1. The minimum absolute atomic E-state index is 0.0869. The summed E-state index contributed by atoms with van der Waals surface area (Å²) in [6.45, 7) is 2.39. The molecule has 1 N–H and O–H groups in total. The minimum Gasteiger partial charge on any atom is -0.497 e. The molecule has 5 nitrogen and oxygen atoms in total. The first-order valence-corrected chi connectivity index (χ1v) is 9.91. The zero-order valence-electron chi connectivity index (χ0n) is 16.3. The predicted molar refractivity (Wildman–Crippen MR) is 112 cm³/mol. The number of hydrogen-bond donors (Lipinski definition) is 1. The van der Waals surface area contributed by atoms with Gasteiger partial charge in [-0.2, -0.15) is 0 Å². The van der Waals surface area contributed by atoms with E-state index in [0.717, 1.165) is 34.2 Å². The van der Waals surface area contributed by atoms with Crippen LogP contribution in [0.25, 0.3) is 0 Å². The van der Waals surface area contributed by atoms with Crippen molar-refractivity contribution >= 4 is 17.2 Å². The number of benzene rings is 2. The quantitative estimate of drug-likeness (QED) is 0.624. The molecule has 3 rings (SSSR count). The van der Waals surface area contributed by atoms with Gasteiger partial charge < -0.3 is 14.8 Å². The van der Waals surface area contributed by atoms with Crippen molar-refractivity contribution in [3.05, 3.63) is 75.2 Å². The molecule has 6 heteroatoms. The van der Waals surface area contributed by atoms with Crippen LogP contribution in [0.15, 0.2) is 48.5 Å². The molecule has 0 unspecified atom stereocenters. The van der Waals surface area contributed by atoms with Gasteiger partial charge in [0.2, 0.25) is 0 Å². The number of nitrogens with zero attached hydrogens (tertiary/aromatic N) is 1. The molecule has 2 aromatic carbocycles. The minimum atomic E-state index is -0.0869. The summed E-state index contributed by atoms with van der Waals surface area (Å²) < 4.78 is 10.7. The Morgan fingerprint density at radius 3 is 2.61 bits per heavy atom. The Kier molecular flexibility index (Phi) is 6.66. The third-order valence-electron chi connectivity index (χ3n) is 4.41. The molecule has 0 radical (unpaired) electrons. The van der Waals surface area contributed by atoms with Gasteiger partial charge in [0, 0.05) is 13.0 Å². The smallest absolute Gasteiger partial charge is 0.263 e. The molecule has 0 aliphatic heterocycles. The lowest BCUT2D eigenvalue weighted by molar-refractivity contribution is 0.0957. The standard InChI is InChI=1S/C22H24N2O3S/c1-15-21(28-20(24-15)13-16-7-5-4-6-8-16)22(25)23-12-11-17-14-18(26-2)9-10-19(17)27-3/h4-10,14H,11-13H2,1-3H3,(H,23,25). The van der Waals surface area contributed by atoms with E-state index in [1.165, 1.54) is 16.9 Å². The molecule has 146 valence electrons. The van der Waals surface area contributed by atoms with Crippen molar-refractivity contribution in [3.63, 3.8) is 0 Å². The van der Waals surface area contributed by atoms with Crippen molar-refractivity contribution in [3.8, 4) is 11.5 Å². The van der Waals surface area contributed by atoms with Gasteiger partial charge in [-0.15, -0.1) is 11.3 Å². The topological polar surface area (TPSA) is 60.5 Å². The summed E-state index contributed by atoms with van der Waals surface area (Å²) in [4.78, 5) is 17.8. The number of hydrogen-bond acceptors (Lipinski definition) is 5. The first-order chi connectivity index (χ1) is 13.6. The summed E-state index contributed by atoms with van der Waals surface area (Å²) in [6.07, 6.45) is 1.39. The highest BCUT2D eigenvalue weighted by molar-refractivity contribution is 7.13. The summed E-state index contributed by atoms with van der Waals surface area (Å²) in [7, 11) is 3.27. The van der Waals surface area contributed by atoms with Crippen LogP contribution in [0.2, 0.25) is 0 Å². The number of carbonyl (C=O) groups excluding carboxylic acids is 1. The normalized spacial score (nSPS) is 10.5. The van der Waals surface area contributed by atoms with Crippen molar-refractivity contribution in [2.24, 2.45) is 0 Å². The maximum Gasteiger partial charge on any atom is 0.263 e. The molecule has 1 heterocycles. The van der Waals surface area contributed by atoms with Crippen LogP contribution in [-0.4, -0.2) is 31.7 Å². The average molecular weight is 397 g/mol. The molecule has 1 amide bonds. The number of carbonyl (C=O) groups is 1. The van der Waals surface area contributed by atoms with Gasteiger partial charge in [-0.3, -0.25) is 4.79 Å². The van der Waals surface area contributed by atoms with E-state index < -0.39 is 0 Å². The highest BCUT2D eigenvalue weighted by atomic mass is 32.1. The van der Waals surface area contributed by atoms with Gasteiger partial charge >= 0.3 is 0 Å². The van der Waals surface area contributed by atoms with Crippen molar-refractivity contribution in [2.75, 3.05) is 20.8 Å². The first-order valence-electron chi connectivity index (χ1n) is 9.10. The lowest BCUT2D eigenvalue weighted by atomic mass is 10.1. The van der Waals surface area contributed by atoms with Gasteiger partial charge in [0.05, 0.1) is 24.9 Å². The Hall–Kier alpha value is -2.86. The zero-order valence-corrected chi connectivity index (χ0v) is 17.1. The van der Waals surface area contributed by atoms with Gasteiger partial charge in [-0.25, -0.2) is 4.98 Å². The van der Waals surface area contributed by atoms with Gasteiger partial charge in [0.1, 0.15) is 16.4 Å². The van der Waals surface area contributed by atoms with Crippen LogP contribution < -0.4 is 14.8 Å². The number of thiazole rings is 1. The number of aromatic nitrogens is 1. The van der Waals surface area contributed by atoms with E-state index in [1.54, 1.807) is 14.2 Å². The van der Waals surface area contributed by atoms with Crippen LogP contribution >= 0.6 is 11.3 Å². The summed E-state index contributed by atoms with van der Waals surface area (Å²) in [6, 6.07) is 15.8. The van der Waals surface area contributed by atoms with E-state index in [9.17, 15) is 4.79 Å². The SMILES string of the molecule is COc1ccc(OC)c(CCNC(=O)c2sc(Cc3ccccc3)nc2C)c1. The predicted octanol–water partition coefficient (Wildman–Crippen LogP) is 4.03. The molecule has 1 aromatic heterocycles. The van der Waals surface area contributed by atoms with Crippen LogP contribution in [0.4, 0.5) is 0 Å². The molecule has 0 saturated carbocycles. The molecular formula is C22H24N2O3S. The van der Waals surface area contributed by atoms with E-state index in [4.69, 9.17) is 9.47 Å². The fraction of sp³-hybridized carbons (Fsp3) is 0.273.